The zero-order valence-electron chi connectivity index (χ0n) is 6.44. The van der Waals surface area contributed by atoms with Gasteiger partial charge in [-0.3, -0.25) is 0 Å². The van der Waals surface area contributed by atoms with Crippen molar-refractivity contribution in [1.82, 2.24) is 0 Å². The monoisotopic (exact) mass is 226 g/mol. The minimum absolute atomic E-state index is 0.906. The number of ether oxygens (including phenoxy) is 1. The third-order valence-electron chi connectivity index (χ3n) is 1.10. The summed E-state index contributed by atoms with van der Waals surface area (Å²) in [4.78, 5) is 0. The summed E-state index contributed by atoms with van der Waals surface area (Å²) in [6, 6.07) is 0. The van der Waals surface area contributed by atoms with Crippen LogP contribution >= 0.6 is 27.7 Å². The maximum absolute atomic E-state index is 5.33. The highest BCUT2D eigenvalue weighted by molar-refractivity contribution is 9.09. The van der Waals surface area contributed by atoms with Gasteiger partial charge in [-0.05, 0) is 19.1 Å². The Morgan fingerprint density at radius 3 is 2.70 bits per heavy atom. The molecule has 0 bridgehead atoms. The third kappa shape index (κ3) is 8.79. The van der Waals surface area contributed by atoms with Crippen molar-refractivity contribution in [3.63, 3.8) is 0 Å². The number of thioether (sulfide) groups is 1. The Labute approximate surface area is 76.0 Å². The molecule has 0 radical (unpaired) electrons. The van der Waals surface area contributed by atoms with Crippen LogP contribution < -0.4 is 0 Å². The van der Waals surface area contributed by atoms with Crippen molar-refractivity contribution in [2.45, 2.75) is 12.8 Å². The van der Waals surface area contributed by atoms with E-state index in [4.69, 9.17) is 4.74 Å². The molecule has 0 aliphatic rings. The number of unbranched alkanes of at least 4 members (excludes halogenated alkanes) is 1. The molecule has 0 aliphatic heterocycles. The van der Waals surface area contributed by atoms with Crippen LogP contribution in [0.15, 0.2) is 0 Å². The SMILES string of the molecule is CSCCOCCCCBr. The molecule has 0 N–H and O–H groups in total. The lowest BCUT2D eigenvalue weighted by Gasteiger charge is -2.00. The average molecular weight is 227 g/mol. The highest BCUT2D eigenvalue weighted by atomic mass is 79.9. The van der Waals surface area contributed by atoms with Gasteiger partial charge in [0.2, 0.25) is 0 Å². The number of hydrogen-bond donors (Lipinski definition) is 0. The van der Waals surface area contributed by atoms with Crippen LogP contribution in [0.5, 0.6) is 0 Å². The van der Waals surface area contributed by atoms with E-state index in [0.29, 0.717) is 0 Å². The van der Waals surface area contributed by atoms with Gasteiger partial charge >= 0.3 is 0 Å². The van der Waals surface area contributed by atoms with E-state index in [0.717, 1.165) is 24.3 Å². The fourth-order valence-corrected chi connectivity index (χ4v) is 1.22. The fraction of sp³-hybridized carbons (Fsp3) is 1.00. The van der Waals surface area contributed by atoms with Crippen molar-refractivity contribution in [1.29, 1.82) is 0 Å². The molecule has 3 heteroatoms. The van der Waals surface area contributed by atoms with Gasteiger partial charge in [0.25, 0.3) is 0 Å². The van der Waals surface area contributed by atoms with Crippen LogP contribution in [0.2, 0.25) is 0 Å². The molecule has 0 atom stereocenters. The molecular weight excluding hydrogens is 212 g/mol. The first kappa shape index (κ1) is 10.8. The highest BCUT2D eigenvalue weighted by Crippen LogP contribution is 1.95. The Kier molecular flexibility index (Phi) is 10.6. The molecule has 0 aromatic heterocycles. The van der Waals surface area contributed by atoms with Crippen molar-refractivity contribution >= 4 is 27.7 Å². The zero-order chi connectivity index (χ0) is 7.66. The van der Waals surface area contributed by atoms with Gasteiger partial charge in [-0.15, -0.1) is 0 Å². The van der Waals surface area contributed by atoms with Gasteiger partial charge in [0, 0.05) is 17.7 Å². The summed E-state index contributed by atoms with van der Waals surface area (Å²) in [5, 5.41) is 1.10. The van der Waals surface area contributed by atoms with Gasteiger partial charge in [0.05, 0.1) is 6.61 Å². The summed E-state index contributed by atoms with van der Waals surface area (Å²) >= 11 is 5.20. The molecule has 0 rings (SSSR count). The molecule has 0 aromatic rings. The summed E-state index contributed by atoms with van der Waals surface area (Å²) in [6.07, 6.45) is 4.50. The van der Waals surface area contributed by atoms with Crippen molar-refractivity contribution in [2.24, 2.45) is 0 Å². The fourth-order valence-electron chi connectivity index (χ4n) is 0.543. The molecular formula is C7H15BrOS. The summed E-state index contributed by atoms with van der Waals surface area (Å²) in [5.41, 5.74) is 0. The van der Waals surface area contributed by atoms with E-state index in [9.17, 15) is 0 Å². The topological polar surface area (TPSA) is 9.23 Å². The first-order chi connectivity index (χ1) is 4.91. The lowest BCUT2D eigenvalue weighted by molar-refractivity contribution is 0.147. The summed E-state index contributed by atoms with van der Waals surface area (Å²) in [7, 11) is 0. The van der Waals surface area contributed by atoms with Gasteiger partial charge in [0.15, 0.2) is 0 Å². The molecule has 0 saturated heterocycles. The van der Waals surface area contributed by atoms with Crippen molar-refractivity contribution < 1.29 is 4.74 Å². The maximum atomic E-state index is 5.33. The van der Waals surface area contributed by atoms with E-state index in [2.05, 4.69) is 22.2 Å². The number of alkyl halides is 1. The minimum atomic E-state index is 0.906. The van der Waals surface area contributed by atoms with Crippen LogP contribution in [-0.4, -0.2) is 30.6 Å². The second kappa shape index (κ2) is 9.79. The predicted octanol–water partition coefficient (Wildman–Crippen LogP) is 2.54. The minimum Gasteiger partial charge on any atom is -0.381 e. The standard InChI is InChI=1S/C7H15BrOS/c1-10-7-6-9-5-3-2-4-8/h2-7H2,1H3. The highest BCUT2D eigenvalue weighted by Gasteiger charge is 1.87. The number of hydrogen-bond acceptors (Lipinski definition) is 2. The first-order valence-electron chi connectivity index (χ1n) is 3.54. The maximum Gasteiger partial charge on any atom is 0.0556 e. The Morgan fingerprint density at radius 1 is 1.30 bits per heavy atom. The van der Waals surface area contributed by atoms with E-state index in [1.54, 1.807) is 0 Å². The molecule has 10 heavy (non-hydrogen) atoms. The summed E-state index contributed by atoms with van der Waals surface area (Å²) < 4.78 is 5.33. The van der Waals surface area contributed by atoms with E-state index in [1.807, 2.05) is 11.8 Å². The second-order valence-corrected chi connectivity index (χ2v) is 3.78. The molecule has 0 fully saturated rings. The number of halogens is 1. The molecule has 0 saturated carbocycles. The zero-order valence-corrected chi connectivity index (χ0v) is 8.84. The first-order valence-corrected chi connectivity index (χ1v) is 6.06. The van der Waals surface area contributed by atoms with Gasteiger partial charge in [-0.1, -0.05) is 15.9 Å². The predicted molar refractivity (Wildman–Crippen MR) is 52.2 cm³/mol. The molecule has 0 unspecified atom stereocenters. The second-order valence-electron chi connectivity index (χ2n) is 2.00. The van der Waals surface area contributed by atoms with E-state index >= 15 is 0 Å². The Bertz CT molecular complexity index is 53.6. The van der Waals surface area contributed by atoms with E-state index in [1.165, 1.54) is 12.8 Å². The van der Waals surface area contributed by atoms with Gasteiger partial charge in [0.1, 0.15) is 0 Å². The van der Waals surface area contributed by atoms with Crippen LogP contribution in [0, 0.1) is 0 Å². The van der Waals surface area contributed by atoms with E-state index in [-0.39, 0.29) is 0 Å². The number of rotatable bonds is 7. The largest absolute Gasteiger partial charge is 0.381 e. The lowest BCUT2D eigenvalue weighted by atomic mass is 10.4. The van der Waals surface area contributed by atoms with Crippen LogP contribution in [0.1, 0.15) is 12.8 Å². The van der Waals surface area contributed by atoms with Crippen LogP contribution in [0.3, 0.4) is 0 Å². The molecule has 0 aromatic carbocycles. The van der Waals surface area contributed by atoms with Crippen molar-refractivity contribution in [3.8, 4) is 0 Å². The third-order valence-corrected chi connectivity index (χ3v) is 2.24. The van der Waals surface area contributed by atoms with Crippen molar-refractivity contribution in [2.75, 3.05) is 30.6 Å². The van der Waals surface area contributed by atoms with E-state index < -0.39 is 0 Å². The van der Waals surface area contributed by atoms with Gasteiger partial charge < -0.3 is 4.74 Å². The quantitative estimate of drug-likeness (QED) is 0.488. The molecule has 0 spiro atoms. The molecule has 0 heterocycles. The lowest BCUT2D eigenvalue weighted by Crippen LogP contribution is -1.98. The summed E-state index contributed by atoms with van der Waals surface area (Å²) in [6.45, 7) is 1.83. The van der Waals surface area contributed by atoms with Crippen LogP contribution in [0.25, 0.3) is 0 Å². The smallest absolute Gasteiger partial charge is 0.0556 e. The van der Waals surface area contributed by atoms with Crippen LogP contribution in [0.4, 0.5) is 0 Å². The van der Waals surface area contributed by atoms with Crippen molar-refractivity contribution in [3.05, 3.63) is 0 Å². The Morgan fingerprint density at radius 2 is 2.10 bits per heavy atom. The Hall–Kier alpha value is 0.790. The molecule has 62 valence electrons. The molecule has 0 aliphatic carbocycles. The average Bonchev–Trinajstić information content (AvgIpc) is 1.97. The normalized spacial score (nSPS) is 10.2. The Balaban J connectivity index is 2.65. The van der Waals surface area contributed by atoms with Gasteiger partial charge in [-0.25, -0.2) is 0 Å². The molecule has 0 amide bonds. The van der Waals surface area contributed by atoms with Gasteiger partial charge in [-0.2, -0.15) is 11.8 Å². The van der Waals surface area contributed by atoms with Crippen LogP contribution in [-0.2, 0) is 4.74 Å². The molecule has 1 nitrogen and oxygen atoms in total. The summed E-state index contributed by atoms with van der Waals surface area (Å²) in [5.74, 6) is 1.12.